The van der Waals surface area contributed by atoms with Crippen molar-refractivity contribution >= 4 is 5.97 Å². The molecule has 1 aliphatic heterocycles. The molecule has 0 radical (unpaired) electrons. The number of carbonyl (C=O) groups is 1. The van der Waals surface area contributed by atoms with E-state index >= 15 is 0 Å². The molecule has 0 bridgehead atoms. The average molecular weight is 284 g/mol. The van der Waals surface area contributed by atoms with Crippen LogP contribution in [0, 0.1) is 5.92 Å². The van der Waals surface area contributed by atoms with E-state index in [2.05, 4.69) is 0 Å². The van der Waals surface area contributed by atoms with Crippen LogP contribution in [0.15, 0.2) is 0 Å². The van der Waals surface area contributed by atoms with E-state index in [0.717, 1.165) is 19.3 Å². The van der Waals surface area contributed by atoms with Gasteiger partial charge in [0.05, 0.1) is 12.5 Å². The summed E-state index contributed by atoms with van der Waals surface area (Å²) in [5.74, 6) is 0.236. The predicted octanol–water partition coefficient (Wildman–Crippen LogP) is 4.22. The maximum atomic E-state index is 11.3. The van der Waals surface area contributed by atoms with Crippen molar-refractivity contribution in [1.29, 1.82) is 0 Å². The molecule has 1 unspecified atom stereocenters. The lowest BCUT2D eigenvalue weighted by molar-refractivity contribution is -0.141. The Morgan fingerprint density at radius 3 is 1.80 bits per heavy atom. The molecule has 0 aromatic carbocycles. The minimum absolute atomic E-state index is 0.0335. The molecular weight excluding hydrogens is 252 g/mol. The first-order valence-electron chi connectivity index (χ1n) is 8.62. The van der Waals surface area contributed by atoms with Gasteiger partial charge >= 0.3 is 5.97 Å². The summed E-state index contributed by atoms with van der Waals surface area (Å²) in [6, 6.07) is 0. The second-order valence-corrected chi connectivity index (χ2v) is 6.05. The molecule has 118 valence electrons. The second-order valence-electron chi connectivity index (χ2n) is 6.05. The third-order valence-corrected chi connectivity index (χ3v) is 4.25. The molecule has 0 aliphatic carbocycles. The Kier molecular flexibility index (Phi) is 10.7. The van der Waals surface area contributed by atoms with Gasteiger partial charge in [-0.05, 0) is 19.3 Å². The number of ether oxygens (including phenoxy) is 1. The minimum atomic E-state index is 0.0335. The van der Waals surface area contributed by atoms with Crippen LogP contribution in [0.4, 0.5) is 0 Å². The van der Waals surface area contributed by atoms with Crippen LogP contribution < -0.4 is 0 Å². The molecule has 20 heavy (non-hydrogen) atoms. The van der Waals surface area contributed by atoms with E-state index in [9.17, 15) is 4.79 Å². The number of unbranched alkanes of at least 4 members (excludes halogenated alkanes) is 10. The highest BCUT2D eigenvalue weighted by atomic mass is 16.5. The maximum Gasteiger partial charge on any atom is 0.309 e. The number of esters is 1. The molecule has 0 amide bonds. The molecule has 0 aromatic rings. The topological polar surface area (TPSA) is 46.5 Å². The third-order valence-electron chi connectivity index (χ3n) is 4.25. The molecule has 0 aromatic heterocycles. The average Bonchev–Trinajstić information content (AvgIpc) is 2.85. The zero-order valence-electron chi connectivity index (χ0n) is 12.9. The van der Waals surface area contributed by atoms with Crippen molar-refractivity contribution in [3.63, 3.8) is 0 Å². The van der Waals surface area contributed by atoms with Crippen LogP contribution in [0.25, 0.3) is 0 Å². The molecule has 1 atom stereocenters. The first-order chi connectivity index (χ1) is 9.84. The van der Waals surface area contributed by atoms with Crippen molar-refractivity contribution in [3.05, 3.63) is 0 Å². The molecule has 1 fully saturated rings. The third kappa shape index (κ3) is 8.57. The van der Waals surface area contributed by atoms with Crippen molar-refractivity contribution in [2.75, 3.05) is 13.2 Å². The summed E-state index contributed by atoms with van der Waals surface area (Å²) in [4.78, 5) is 11.3. The van der Waals surface area contributed by atoms with Gasteiger partial charge in [0, 0.05) is 6.61 Å². The molecule has 1 heterocycles. The van der Waals surface area contributed by atoms with E-state index in [1.54, 1.807) is 0 Å². The summed E-state index contributed by atoms with van der Waals surface area (Å²) in [6.45, 7) is 0.986. The monoisotopic (exact) mass is 284 g/mol. The highest BCUT2D eigenvalue weighted by Crippen LogP contribution is 2.21. The quantitative estimate of drug-likeness (QED) is 0.407. The van der Waals surface area contributed by atoms with Crippen molar-refractivity contribution in [1.82, 2.24) is 0 Å². The van der Waals surface area contributed by atoms with E-state index in [0.29, 0.717) is 13.2 Å². The molecule has 0 saturated carbocycles. The number of aliphatic hydroxyl groups is 1. The Morgan fingerprint density at radius 1 is 0.850 bits per heavy atom. The molecular formula is C17H32O3. The molecule has 1 aliphatic rings. The van der Waals surface area contributed by atoms with E-state index < -0.39 is 0 Å². The fourth-order valence-corrected chi connectivity index (χ4v) is 2.89. The lowest BCUT2D eigenvalue weighted by Gasteiger charge is -2.05. The molecule has 1 rings (SSSR count). The maximum absolute atomic E-state index is 11.3. The van der Waals surface area contributed by atoms with Crippen molar-refractivity contribution in [2.24, 2.45) is 5.92 Å². The molecule has 3 heteroatoms. The van der Waals surface area contributed by atoms with Gasteiger partial charge in [-0.15, -0.1) is 0 Å². The van der Waals surface area contributed by atoms with Crippen LogP contribution in [0.5, 0.6) is 0 Å². The number of cyclic esters (lactones) is 1. The van der Waals surface area contributed by atoms with Gasteiger partial charge in [-0.1, -0.05) is 64.2 Å². The van der Waals surface area contributed by atoms with Gasteiger partial charge in [0.2, 0.25) is 0 Å². The van der Waals surface area contributed by atoms with Crippen LogP contribution in [-0.2, 0) is 9.53 Å². The van der Waals surface area contributed by atoms with Crippen LogP contribution in [0.2, 0.25) is 0 Å². The number of rotatable bonds is 13. The largest absolute Gasteiger partial charge is 0.465 e. The second kappa shape index (κ2) is 12.2. The van der Waals surface area contributed by atoms with Crippen LogP contribution in [0.1, 0.15) is 83.5 Å². The normalized spacial score (nSPS) is 18.4. The molecule has 3 nitrogen and oxygen atoms in total. The Labute approximate surface area is 124 Å². The van der Waals surface area contributed by atoms with Gasteiger partial charge in [0.15, 0.2) is 0 Å². The number of hydrogen-bond acceptors (Lipinski definition) is 3. The fourth-order valence-electron chi connectivity index (χ4n) is 2.89. The van der Waals surface area contributed by atoms with Crippen molar-refractivity contribution in [2.45, 2.75) is 83.5 Å². The predicted molar refractivity (Wildman–Crippen MR) is 81.6 cm³/mol. The first kappa shape index (κ1) is 17.5. The van der Waals surface area contributed by atoms with E-state index in [1.807, 2.05) is 0 Å². The summed E-state index contributed by atoms with van der Waals surface area (Å²) >= 11 is 0. The number of hydrogen-bond donors (Lipinski definition) is 1. The zero-order valence-corrected chi connectivity index (χ0v) is 12.9. The smallest absolute Gasteiger partial charge is 0.309 e. The SMILES string of the molecule is O=C1OCCC1CCCCCCCCCCCCCO. The lowest BCUT2D eigenvalue weighted by atomic mass is 9.99. The first-order valence-corrected chi connectivity index (χ1v) is 8.62. The Bertz CT molecular complexity index is 240. The summed E-state index contributed by atoms with van der Waals surface area (Å²) in [5.41, 5.74) is 0. The Morgan fingerprint density at radius 2 is 1.35 bits per heavy atom. The molecule has 1 N–H and O–H groups in total. The fraction of sp³-hybridized carbons (Fsp3) is 0.941. The van der Waals surface area contributed by atoms with Crippen molar-refractivity contribution in [3.8, 4) is 0 Å². The van der Waals surface area contributed by atoms with Crippen LogP contribution in [-0.4, -0.2) is 24.3 Å². The van der Waals surface area contributed by atoms with Gasteiger partial charge in [0.1, 0.15) is 0 Å². The van der Waals surface area contributed by atoms with Gasteiger partial charge in [0.25, 0.3) is 0 Å². The zero-order chi connectivity index (χ0) is 14.5. The summed E-state index contributed by atoms with van der Waals surface area (Å²) < 4.78 is 4.97. The lowest BCUT2D eigenvalue weighted by Crippen LogP contribution is -2.06. The summed E-state index contributed by atoms with van der Waals surface area (Å²) in [7, 11) is 0. The number of aliphatic hydroxyl groups excluding tert-OH is 1. The summed E-state index contributed by atoms with van der Waals surface area (Å²) in [5, 5.41) is 8.67. The minimum Gasteiger partial charge on any atom is -0.465 e. The van der Waals surface area contributed by atoms with Crippen LogP contribution >= 0.6 is 0 Å². The Hall–Kier alpha value is -0.570. The van der Waals surface area contributed by atoms with E-state index in [-0.39, 0.29) is 11.9 Å². The van der Waals surface area contributed by atoms with Crippen LogP contribution in [0.3, 0.4) is 0 Å². The van der Waals surface area contributed by atoms with Gasteiger partial charge < -0.3 is 9.84 Å². The number of carbonyl (C=O) groups excluding carboxylic acids is 1. The van der Waals surface area contributed by atoms with Gasteiger partial charge in [-0.25, -0.2) is 0 Å². The van der Waals surface area contributed by atoms with Crippen molar-refractivity contribution < 1.29 is 14.6 Å². The van der Waals surface area contributed by atoms with Gasteiger partial charge in [-0.2, -0.15) is 0 Å². The van der Waals surface area contributed by atoms with E-state index in [4.69, 9.17) is 9.84 Å². The standard InChI is InChI=1S/C17H32O3/c18-14-11-9-7-5-3-1-2-4-6-8-10-12-16-13-15-20-17(16)19/h16,18H,1-15H2. The Balaban J connectivity index is 1.73. The van der Waals surface area contributed by atoms with E-state index in [1.165, 1.54) is 64.2 Å². The summed E-state index contributed by atoms with van der Waals surface area (Å²) in [6.07, 6.45) is 15.9. The van der Waals surface area contributed by atoms with Gasteiger partial charge in [-0.3, -0.25) is 4.79 Å². The molecule has 1 saturated heterocycles. The highest BCUT2D eigenvalue weighted by molar-refractivity contribution is 5.73. The molecule has 0 spiro atoms. The highest BCUT2D eigenvalue weighted by Gasteiger charge is 2.25.